The van der Waals surface area contributed by atoms with Crippen LogP contribution in [0.2, 0.25) is 0 Å². The Balaban J connectivity index is 1.45. The Morgan fingerprint density at radius 1 is 1.15 bits per heavy atom. The Bertz CT molecular complexity index is 377. The standard InChI is InChI=1S/C15H25N3O2/c19-14(15(20)18-6-1-4-16-5-7-18)17-10-13-9-11-2-3-12(13)8-11/h11-13,16H,1-10H2,(H,17,19). The summed E-state index contributed by atoms with van der Waals surface area (Å²) in [6.07, 6.45) is 6.19. The monoisotopic (exact) mass is 279 g/mol. The predicted octanol–water partition coefficient (Wildman–Crippen LogP) is 0.361. The molecule has 1 heterocycles. The van der Waals surface area contributed by atoms with Crippen molar-refractivity contribution in [1.29, 1.82) is 0 Å². The van der Waals surface area contributed by atoms with E-state index < -0.39 is 5.91 Å². The molecule has 0 aromatic rings. The molecule has 0 aromatic carbocycles. The summed E-state index contributed by atoms with van der Waals surface area (Å²) in [5.41, 5.74) is 0. The second-order valence-electron chi connectivity index (χ2n) is 6.54. The first-order valence-corrected chi connectivity index (χ1v) is 8.02. The van der Waals surface area contributed by atoms with Gasteiger partial charge in [0.2, 0.25) is 0 Å². The van der Waals surface area contributed by atoms with Crippen LogP contribution in [0.4, 0.5) is 0 Å². The van der Waals surface area contributed by atoms with Crippen molar-refractivity contribution in [2.45, 2.75) is 32.1 Å². The summed E-state index contributed by atoms with van der Waals surface area (Å²) in [5, 5.41) is 6.12. The molecule has 2 amide bonds. The highest BCUT2D eigenvalue weighted by Gasteiger charge is 2.39. The Labute approximate surface area is 120 Å². The van der Waals surface area contributed by atoms with Crippen LogP contribution in [0, 0.1) is 17.8 Å². The van der Waals surface area contributed by atoms with Gasteiger partial charge in [-0.1, -0.05) is 6.42 Å². The number of rotatable bonds is 2. The molecule has 3 rings (SSSR count). The lowest BCUT2D eigenvalue weighted by atomic mass is 9.89. The van der Waals surface area contributed by atoms with Crippen molar-refractivity contribution in [3.63, 3.8) is 0 Å². The maximum absolute atomic E-state index is 12.1. The number of fused-ring (bicyclic) bond motifs is 2. The number of hydrogen-bond acceptors (Lipinski definition) is 3. The lowest BCUT2D eigenvalue weighted by molar-refractivity contribution is -0.145. The molecule has 0 aromatic heterocycles. The van der Waals surface area contributed by atoms with E-state index >= 15 is 0 Å². The second kappa shape index (κ2) is 6.12. The summed E-state index contributed by atoms with van der Waals surface area (Å²) in [6, 6.07) is 0. The maximum Gasteiger partial charge on any atom is 0.311 e. The summed E-state index contributed by atoms with van der Waals surface area (Å²) >= 11 is 0. The minimum atomic E-state index is -0.408. The quantitative estimate of drug-likeness (QED) is 0.718. The Morgan fingerprint density at radius 2 is 2.05 bits per heavy atom. The van der Waals surface area contributed by atoms with Crippen LogP contribution in [-0.4, -0.2) is 49.4 Å². The highest BCUT2D eigenvalue weighted by atomic mass is 16.2. The molecule has 3 atom stereocenters. The van der Waals surface area contributed by atoms with Crippen molar-refractivity contribution in [2.75, 3.05) is 32.7 Å². The van der Waals surface area contributed by atoms with Gasteiger partial charge in [-0.15, -0.1) is 0 Å². The van der Waals surface area contributed by atoms with E-state index in [0.717, 1.165) is 31.3 Å². The number of hydrogen-bond donors (Lipinski definition) is 2. The lowest BCUT2D eigenvalue weighted by Gasteiger charge is -2.23. The summed E-state index contributed by atoms with van der Waals surface area (Å²) < 4.78 is 0. The summed E-state index contributed by atoms with van der Waals surface area (Å²) in [5.74, 6) is 1.52. The largest absolute Gasteiger partial charge is 0.348 e. The highest BCUT2D eigenvalue weighted by Crippen LogP contribution is 2.47. The van der Waals surface area contributed by atoms with E-state index in [1.807, 2.05) is 0 Å². The van der Waals surface area contributed by atoms with E-state index in [9.17, 15) is 9.59 Å². The van der Waals surface area contributed by atoms with E-state index in [4.69, 9.17) is 0 Å². The molecule has 20 heavy (non-hydrogen) atoms. The molecule has 3 unspecified atom stereocenters. The topological polar surface area (TPSA) is 61.4 Å². The third-order valence-corrected chi connectivity index (χ3v) is 5.23. The van der Waals surface area contributed by atoms with Crippen molar-refractivity contribution in [2.24, 2.45) is 17.8 Å². The van der Waals surface area contributed by atoms with Crippen LogP contribution in [0.3, 0.4) is 0 Å². The van der Waals surface area contributed by atoms with Crippen LogP contribution in [0.15, 0.2) is 0 Å². The van der Waals surface area contributed by atoms with Gasteiger partial charge >= 0.3 is 11.8 Å². The molecular weight excluding hydrogens is 254 g/mol. The van der Waals surface area contributed by atoms with Gasteiger partial charge in [-0.25, -0.2) is 0 Å². The molecule has 2 N–H and O–H groups in total. The Kier molecular flexibility index (Phi) is 4.24. The van der Waals surface area contributed by atoms with Gasteiger partial charge in [0.25, 0.3) is 0 Å². The Morgan fingerprint density at radius 3 is 2.80 bits per heavy atom. The van der Waals surface area contributed by atoms with Crippen molar-refractivity contribution in [3.8, 4) is 0 Å². The van der Waals surface area contributed by atoms with Gasteiger partial charge in [0.05, 0.1) is 0 Å². The number of amides is 2. The van der Waals surface area contributed by atoms with Gasteiger partial charge < -0.3 is 15.5 Å². The molecule has 112 valence electrons. The highest BCUT2D eigenvalue weighted by molar-refractivity contribution is 6.35. The van der Waals surface area contributed by atoms with Crippen molar-refractivity contribution < 1.29 is 9.59 Å². The van der Waals surface area contributed by atoms with Crippen LogP contribution < -0.4 is 10.6 Å². The summed E-state index contributed by atoms with van der Waals surface area (Å²) in [7, 11) is 0. The van der Waals surface area contributed by atoms with Crippen LogP contribution in [-0.2, 0) is 9.59 Å². The molecule has 2 bridgehead atoms. The molecule has 1 saturated heterocycles. The molecule has 0 spiro atoms. The number of nitrogens with zero attached hydrogens (tertiary/aromatic N) is 1. The normalized spacial score (nSPS) is 33.0. The fourth-order valence-electron chi connectivity index (χ4n) is 4.12. The molecule has 0 radical (unpaired) electrons. The maximum atomic E-state index is 12.1. The first kappa shape index (κ1) is 13.9. The Hall–Kier alpha value is -1.10. The fourth-order valence-corrected chi connectivity index (χ4v) is 4.12. The van der Waals surface area contributed by atoms with E-state index in [-0.39, 0.29) is 5.91 Å². The zero-order chi connectivity index (χ0) is 13.9. The van der Waals surface area contributed by atoms with E-state index in [0.29, 0.717) is 25.6 Å². The van der Waals surface area contributed by atoms with Gasteiger partial charge in [-0.05, 0) is 50.0 Å². The van der Waals surface area contributed by atoms with Gasteiger partial charge in [-0.2, -0.15) is 0 Å². The van der Waals surface area contributed by atoms with Gasteiger partial charge in [-0.3, -0.25) is 9.59 Å². The lowest BCUT2D eigenvalue weighted by Crippen LogP contribution is -2.45. The third-order valence-electron chi connectivity index (χ3n) is 5.23. The SMILES string of the molecule is O=C(NCC1CC2CCC1C2)C(=O)N1CCCNCC1. The minimum Gasteiger partial charge on any atom is -0.348 e. The van der Waals surface area contributed by atoms with E-state index in [1.165, 1.54) is 25.7 Å². The molecule has 5 heteroatoms. The summed E-state index contributed by atoms with van der Waals surface area (Å²) in [4.78, 5) is 25.8. The van der Waals surface area contributed by atoms with Gasteiger partial charge in [0.15, 0.2) is 0 Å². The molecule has 2 saturated carbocycles. The molecule has 1 aliphatic heterocycles. The molecule has 3 fully saturated rings. The second-order valence-corrected chi connectivity index (χ2v) is 6.54. The first-order chi connectivity index (χ1) is 9.74. The number of carbonyl (C=O) groups excluding carboxylic acids is 2. The predicted molar refractivity (Wildman–Crippen MR) is 76.0 cm³/mol. The third kappa shape index (κ3) is 2.97. The fraction of sp³-hybridized carbons (Fsp3) is 0.867. The molecule has 3 aliphatic rings. The molecular formula is C15H25N3O2. The van der Waals surface area contributed by atoms with Gasteiger partial charge in [0, 0.05) is 26.2 Å². The average Bonchev–Trinajstić information content (AvgIpc) is 2.97. The van der Waals surface area contributed by atoms with E-state index in [2.05, 4.69) is 10.6 Å². The number of nitrogens with one attached hydrogen (secondary N) is 2. The van der Waals surface area contributed by atoms with Crippen LogP contribution in [0.5, 0.6) is 0 Å². The average molecular weight is 279 g/mol. The molecule has 2 aliphatic carbocycles. The summed E-state index contributed by atoms with van der Waals surface area (Å²) in [6.45, 7) is 3.73. The first-order valence-electron chi connectivity index (χ1n) is 8.02. The van der Waals surface area contributed by atoms with E-state index in [1.54, 1.807) is 4.90 Å². The zero-order valence-corrected chi connectivity index (χ0v) is 12.1. The van der Waals surface area contributed by atoms with Crippen molar-refractivity contribution in [3.05, 3.63) is 0 Å². The minimum absolute atomic E-state index is 0.350. The van der Waals surface area contributed by atoms with Crippen LogP contribution >= 0.6 is 0 Å². The smallest absolute Gasteiger partial charge is 0.311 e. The van der Waals surface area contributed by atoms with Gasteiger partial charge in [0.1, 0.15) is 0 Å². The van der Waals surface area contributed by atoms with Crippen molar-refractivity contribution >= 4 is 11.8 Å². The van der Waals surface area contributed by atoms with Crippen LogP contribution in [0.1, 0.15) is 32.1 Å². The molecule has 5 nitrogen and oxygen atoms in total. The number of carbonyl (C=O) groups is 2. The van der Waals surface area contributed by atoms with Crippen molar-refractivity contribution in [1.82, 2.24) is 15.5 Å². The van der Waals surface area contributed by atoms with Crippen LogP contribution in [0.25, 0.3) is 0 Å². The zero-order valence-electron chi connectivity index (χ0n) is 12.1.